The van der Waals surface area contributed by atoms with E-state index in [2.05, 4.69) is 20.6 Å². The van der Waals surface area contributed by atoms with Gasteiger partial charge in [-0.3, -0.25) is 0 Å². The predicted molar refractivity (Wildman–Crippen MR) is 94.3 cm³/mol. The molecule has 1 aromatic heterocycles. The second-order valence-electron chi connectivity index (χ2n) is 5.37. The molecule has 1 aliphatic heterocycles. The summed E-state index contributed by atoms with van der Waals surface area (Å²) in [5, 5.41) is 6.15. The fourth-order valence-corrected chi connectivity index (χ4v) is 4.37. The zero-order valence-electron chi connectivity index (χ0n) is 13.2. The van der Waals surface area contributed by atoms with Gasteiger partial charge in [-0.05, 0) is 25.0 Å². The highest BCUT2D eigenvalue weighted by Crippen LogP contribution is 2.31. The monoisotopic (exact) mass is 367 g/mol. The molecule has 1 aliphatic rings. The van der Waals surface area contributed by atoms with E-state index in [1.165, 1.54) is 10.5 Å². The number of anilines is 3. The SMILES string of the molecule is CNc1ncc(Cl)c(Nc2ccccc2S(=O)(=O)N2CCCC2)n1. The average molecular weight is 368 g/mol. The number of sulfonamides is 1. The normalized spacial score (nSPS) is 15.4. The van der Waals surface area contributed by atoms with Crippen molar-refractivity contribution in [3.63, 3.8) is 0 Å². The quantitative estimate of drug-likeness (QED) is 0.844. The third kappa shape index (κ3) is 3.31. The van der Waals surface area contributed by atoms with Crippen LogP contribution in [0.1, 0.15) is 12.8 Å². The molecule has 0 saturated carbocycles. The first-order chi connectivity index (χ1) is 11.5. The molecular weight excluding hydrogens is 350 g/mol. The third-order valence-corrected chi connectivity index (χ3v) is 6.02. The van der Waals surface area contributed by atoms with Gasteiger partial charge in [0.05, 0.1) is 11.9 Å². The highest BCUT2D eigenvalue weighted by atomic mass is 35.5. The van der Waals surface area contributed by atoms with Crippen LogP contribution < -0.4 is 10.6 Å². The lowest BCUT2D eigenvalue weighted by molar-refractivity contribution is 0.478. The minimum absolute atomic E-state index is 0.215. The van der Waals surface area contributed by atoms with Crippen LogP contribution in [0.2, 0.25) is 5.02 Å². The van der Waals surface area contributed by atoms with Gasteiger partial charge in [-0.15, -0.1) is 0 Å². The van der Waals surface area contributed by atoms with E-state index in [9.17, 15) is 8.42 Å². The fourth-order valence-electron chi connectivity index (χ4n) is 2.57. The van der Waals surface area contributed by atoms with Gasteiger partial charge in [-0.25, -0.2) is 13.4 Å². The minimum Gasteiger partial charge on any atom is -0.357 e. The zero-order chi connectivity index (χ0) is 17.2. The molecule has 0 unspecified atom stereocenters. The van der Waals surface area contributed by atoms with Crippen molar-refractivity contribution in [2.24, 2.45) is 0 Å². The lowest BCUT2D eigenvalue weighted by Gasteiger charge is -2.19. The molecule has 0 amide bonds. The van der Waals surface area contributed by atoms with E-state index < -0.39 is 10.0 Å². The van der Waals surface area contributed by atoms with Gasteiger partial charge in [-0.1, -0.05) is 23.7 Å². The van der Waals surface area contributed by atoms with Gasteiger partial charge in [-0.2, -0.15) is 9.29 Å². The molecule has 2 N–H and O–H groups in total. The standard InChI is InChI=1S/C15H18ClN5O2S/c1-17-15-18-10-11(16)14(20-15)19-12-6-2-3-7-13(12)24(22,23)21-8-4-5-9-21/h2-3,6-7,10H,4-5,8-9H2,1H3,(H2,17,18,19,20). The van der Waals surface area contributed by atoms with Crippen LogP contribution in [0.15, 0.2) is 35.4 Å². The summed E-state index contributed by atoms with van der Waals surface area (Å²) in [6.45, 7) is 1.10. The van der Waals surface area contributed by atoms with E-state index in [4.69, 9.17) is 11.6 Å². The van der Waals surface area contributed by atoms with Crippen molar-refractivity contribution in [2.45, 2.75) is 17.7 Å². The molecule has 24 heavy (non-hydrogen) atoms. The van der Waals surface area contributed by atoms with Crippen LogP contribution >= 0.6 is 11.6 Å². The maximum Gasteiger partial charge on any atom is 0.245 e. The Morgan fingerprint density at radius 3 is 2.62 bits per heavy atom. The first-order valence-corrected chi connectivity index (χ1v) is 9.40. The first-order valence-electron chi connectivity index (χ1n) is 7.59. The van der Waals surface area contributed by atoms with E-state index in [0.717, 1.165) is 12.8 Å². The predicted octanol–water partition coefficient (Wildman–Crippen LogP) is 2.70. The smallest absolute Gasteiger partial charge is 0.245 e. The third-order valence-electron chi connectivity index (χ3n) is 3.79. The summed E-state index contributed by atoms with van der Waals surface area (Å²) in [6, 6.07) is 6.75. The van der Waals surface area contributed by atoms with E-state index >= 15 is 0 Å². The van der Waals surface area contributed by atoms with Crippen LogP contribution in [0, 0.1) is 0 Å². The van der Waals surface area contributed by atoms with E-state index in [1.54, 1.807) is 31.3 Å². The Morgan fingerprint density at radius 2 is 1.92 bits per heavy atom. The van der Waals surface area contributed by atoms with Crippen molar-refractivity contribution in [3.8, 4) is 0 Å². The molecule has 1 aromatic carbocycles. The minimum atomic E-state index is -3.55. The highest BCUT2D eigenvalue weighted by molar-refractivity contribution is 7.89. The van der Waals surface area contributed by atoms with Crippen LogP contribution in [0.25, 0.3) is 0 Å². The highest BCUT2D eigenvalue weighted by Gasteiger charge is 2.29. The van der Waals surface area contributed by atoms with Gasteiger partial charge >= 0.3 is 0 Å². The molecule has 2 aromatic rings. The first kappa shape index (κ1) is 16.9. The number of aromatic nitrogens is 2. The molecule has 9 heteroatoms. The van der Waals surface area contributed by atoms with Gasteiger partial charge in [0, 0.05) is 20.1 Å². The summed E-state index contributed by atoms with van der Waals surface area (Å²) in [5.41, 5.74) is 0.437. The summed E-state index contributed by atoms with van der Waals surface area (Å²) in [5.74, 6) is 0.738. The summed E-state index contributed by atoms with van der Waals surface area (Å²) in [7, 11) is -1.86. The lowest BCUT2D eigenvalue weighted by atomic mass is 10.3. The molecule has 3 rings (SSSR count). The number of hydrogen-bond donors (Lipinski definition) is 2. The van der Waals surface area contributed by atoms with Crippen LogP contribution in [-0.2, 0) is 10.0 Å². The molecule has 2 heterocycles. The summed E-state index contributed by atoms with van der Waals surface area (Å²) < 4.78 is 27.2. The van der Waals surface area contributed by atoms with Gasteiger partial charge in [0.25, 0.3) is 0 Å². The molecule has 1 fully saturated rings. The molecule has 128 valence electrons. The number of benzene rings is 1. The summed E-state index contributed by atoms with van der Waals surface area (Å²) in [6.07, 6.45) is 3.23. The fraction of sp³-hybridized carbons (Fsp3) is 0.333. The maximum atomic E-state index is 12.9. The summed E-state index contributed by atoms with van der Waals surface area (Å²) >= 11 is 6.12. The number of para-hydroxylation sites is 1. The van der Waals surface area contributed by atoms with Crippen molar-refractivity contribution in [1.82, 2.24) is 14.3 Å². The van der Waals surface area contributed by atoms with Crippen molar-refractivity contribution in [2.75, 3.05) is 30.8 Å². The molecule has 1 saturated heterocycles. The van der Waals surface area contributed by atoms with Gasteiger partial charge < -0.3 is 10.6 Å². The Balaban J connectivity index is 1.98. The van der Waals surface area contributed by atoms with Crippen molar-refractivity contribution in [1.29, 1.82) is 0 Å². The number of nitrogens with one attached hydrogen (secondary N) is 2. The second kappa shape index (κ2) is 6.92. The largest absolute Gasteiger partial charge is 0.357 e. The Morgan fingerprint density at radius 1 is 1.21 bits per heavy atom. The molecule has 0 atom stereocenters. The van der Waals surface area contributed by atoms with E-state index in [-0.39, 0.29) is 4.90 Å². The van der Waals surface area contributed by atoms with E-state index in [1.807, 2.05) is 0 Å². The van der Waals surface area contributed by atoms with Crippen LogP contribution in [-0.4, -0.2) is 42.8 Å². The average Bonchev–Trinajstić information content (AvgIpc) is 3.12. The number of nitrogens with zero attached hydrogens (tertiary/aromatic N) is 3. The Hall–Kier alpha value is -1.90. The Kier molecular flexibility index (Phi) is 4.88. The molecule has 0 bridgehead atoms. The number of halogens is 1. The van der Waals surface area contributed by atoms with Gasteiger partial charge in [0.1, 0.15) is 9.92 Å². The van der Waals surface area contributed by atoms with Crippen LogP contribution in [0.5, 0.6) is 0 Å². The Labute approximate surface area is 146 Å². The number of hydrogen-bond acceptors (Lipinski definition) is 6. The second-order valence-corrected chi connectivity index (χ2v) is 7.69. The van der Waals surface area contributed by atoms with Crippen molar-refractivity contribution >= 4 is 39.1 Å². The van der Waals surface area contributed by atoms with Gasteiger partial charge in [0.15, 0.2) is 5.82 Å². The molecule has 7 nitrogen and oxygen atoms in total. The maximum absolute atomic E-state index is 12.9. The summed E-state index contributed by atoms with van der Waals surface area (Å²) in [4.78, 5) is 8.46. The molecular formula is C15H18ClN5O2S. The van der Waals surface area contributed by atoms with Crippen molar-refractivity contribution in [3.05, 3.63) is 35.5 Å². The van der Waals surface area contributed by atoms with Crippen LogP contribution in [0.3, 0.4) is 0 Å². The zero-order valence-corrected chi connectivity index (χ0v) is 14.7. The molecule has 0 spiro atoms. The van der Waals surface area contributed by atoms with Crippen molar-refractivity contribution < 1.29 is 8.42 Å². The van der Waals surface area contributed by atoms with E-state index in [0.29, 0.717) is 35.6 Å². The molecule has 0 radical (unpaired) electrons. The topological polar surface area (TPSA) is 87.2 Å². The van der Waals surface area contributed by atoms with Crippen LogP contribution in [0.4, 0.5) is 17.5 Å². The molecule has 0 aliphatic carbocycles. The number of rotatable bonds is 5. The lowest BCUT2D eigenvalue weighted by Crippen LogP contribution is -2.28. The van der Waals surface area contributed by atoms with Gasteiger partial charge in [0.2, 0.25) is 16.0 Å². The Bertz CT molecular complexity index is 838.